The van der Waals surface area contributed by atoms with Gasteiger partial charge in [0.1, 0.15) is 0 Å². The smallest absolute Gasteiger partial charge is 0.207 e. The highest BCUT2D eigenvalue weighted by Gasteiger charge is 2.20. The molecule has 0 atom stereocenters. The lowest BCUT2D eigenvalue weighted by Gasteiger charge is -2.07. The molecule has 0 spiro atoms. The van der Waals surface area contributed by atoms with Gasteiger partial charge in [-0.3, -0.25) is 0 Å². The third-order valence-corrected chi connectivity index (χ3v) is 9.66. The van der Waals surface area contributed by atoms with Gasteiger partial charge in [-0.05, 0) is 70.9 Å². The summed E-state index contributed by atoms with van der Waals surface area (Å²) in [6.45, 7) is 2.29. The van der Waals surface area contributed by atoms with Crippen LogP contribution in [0.4, 0.5) is 0 Å². The predicted octanol–water partition coefficient (Wildman–Crippen LogP) is 13.4. The molecule has 0 radical (unpaired) electrons. The van der Waals surface area contributed by atoms with Gasteiger partial charge in [0.25, 0.3) is 0 Å². The van der Waals surface area contributed by atoms with Crippen molar-refractivity contribution in [1.82, 2.24) is 0 Å². The SMILES string of the molecule is CCCCCCCCCCCCSCCc1ccc(-c2ccc(-c3cc(-c4ccccc4)[o+]c(-c4ccccc4)c3)cc2)cc1. The molecule has 232 valence electrons. The topological polar surface area (TPSA) is 11.3 Å². The molecule has 4 aromatic carbocycles. The van der Waals surface area contributed by atoms with Gasteiger partial charge >= 0.3 is 11.5 Å². The molecule has 0 bridgehead atoms. The maximum Gasteiger partial charge on any atom is 0.361 e. The third-order valence-electron chi connectivity index (χ3n) is 8.59. The minimum atomic E-state index is 0.869. The summed E-state index contributed by atoms with van der Waals surface area (Å²) in [5.74, 6) is 4.25. The van der Waals surface area contributed by atoms with Crippen molar-refractivity contribution in [2.45, 2.75) is 77.6 Å². The Bertz CT molecular complexity index is 1470. The molecule has 2 heteroatoms. The van der Waals surface area contributed by atoms with Crippen LogP contribution >= 0.6 is 11.8 Å². The molecule has 45 heavy (non-hydrogen) atoms. The van der Waals surface area contributed by atoms with Gasteiger partial charge < -0.3 is 0 Å². The van der Waals surface area contributed by atoms with E-state index < -0.39 is 0 Å². The van der Waals surface area contributed by atoms with Crippen molar-refractivity contribution >= 4 is 11.8 Å². The van der Waals surface area contributed by atoms with E-state index in [1.54, 1.807) is 0 Å². The predicted molar refractivity (Wildman–Crippen MR) is 198 cm³/mol. The van der Waals surface area contributed by atoms with Crippen molar-refractivity contribution in [1.29, 1.82) is 0 Å². The van der Waals surface area contributed by atoms with Crippen molar-refractivity contribution in [2.75, 3.05) is 11.5 Å². The zero-order valence-electron chi connectivity index (χ0n) is 27.1. The molecular formula is C43H49OS+. The second-order valence-electron chi connectivity index (χ2n) is 12.1. The van der Waals surface area contributed by atoms with E-state index in [1.165, 1.54) is 98.0 Å². The molecule has 0 aliphatic rings. The second kappa shape index (κ2) is 18.4. The Labute approximate surface area is 276 Å². The van der Waals surface area contributed by atoms with Gasteiger partial charge in [-0.25, -0.2) is 4.42 Å². The van der Waals surface area contributed by atoms with Gasteiger partial charge in [0.2, 0.25) is 0 Å². The first-order valence-corrected chi connectivity index (χ1v) is 18.3. The fourth-order valence-corrected chi connectivity index (χ4v) is 6.85. The fraction of sp³-hybridized carbons (Fsp3) is 0.326. The van der Waals surface area contributed by atoms with Crippen LogP contribution in [-0.4, -0.2) is 11.5 Å². The molecule has 0 fully saturated rings. The van der Waals surface area contributed by atoms with Gasteiger partial charge in [-0.1, -0.05) is 150 Å². The molecule has 5 rings (SSSR count). The number of benzene rings is 4. The average molecular weight is 614 g/mol. The second-order valence-corrected chi connectivity index (χ2v) is 13.4. The molecule has 0 aliphatic heterocycles. The standard InChI is InChI=1S/C43H49OS/c1-2-3-4-5-6-7-8-9-10-17-31-45-32-30-35-22-24-36(25-23-35)37-26-28-38(29-27-37)41-33-42(39-18-13-11-14-19-39)44-43(34-41)40-20-15-12-16-21-40/h11-16,18-29,33-34H,2-10,17,30-32H2,1H3/q+1. The lowest BCUT2D eigenvalue weighted by atomic mass is 9.98. The Morgan fingerprint density at radius 1 is 0.422 bits per heavy atom. The number of aryl methyl sites for hydroxylation is 1. The van der Waals surface area contributed by atoms with Crippen molar-refractivity contribution < 1.29 is 4.42 Å². The van der Waals surface area contributed by atoms with E-state index in [1.807, 2.05) is 12.1 Å². The molecule has 1 heterocycles. The van der Waals surface area contributed by atoms with Gasteiger partial charge in [0.05, 0.1) is 23.3 Å². The Morgan fingerprint density at radius 2 is 0.867 bits per heavy atom. The van der Waals surface area contributed by atoms with Crippen LogP contribution in [0.15, 0.2) is 126 Å². The van der Waals surface area contributed by atoms with Crippen LogP contribution in [0.1, 0.15) is 76.7 Å². The highest BCUT2D eigenvalue weighted by atomic mass is 32.2. The first-order valence-electron chi connectivity index (χ1n) is 17.2. The number of hydrogen-bond acceptors (Lipinski definition) is 1. The first-order chi connectivity index (χ1) is 22.3. The number of thioether (sulfide) groups is 1. The minimum absolute atomic E-state index is 0.869. The van der Waals surface area contributed by atoms with Crippen molar-refractivity contribution in [3.05, 3.63) is 127 Å². The van der Waals surface area contributed by atoms with Crippen molar-refractivity contribution in [3.8, 4) is 44.9 Å². The third kappa shape index (κ3) is 10.5. The molecule has 0 aliphatic carbocycles. The van der Waals surface area contributed by atoms with E-state index in [0.29, 0.717) is 0 Å². The highest BCUT2D eigenvalue weighted by Crippen LogP contribution is 2.34. The van der Waals surface area contributed by atoms with E-state index >= 15 is 0 Å². The largest absolute Gasteiger partial charge is 0.361 e. The van der Waals surface area contributed by atoms with Gasteiger partial charge in [0.15, 0.2) is 0 Å². The molecule has 1 nitrogen and oxygen atoms in total. The van der Waals surface area contributed by atoms with E-state index in [0.717, 1.165) is 34.6 Å². The van der Waals surface area contributed by atoms with Crippen molar-refractivity contribution in [3.63, 3.8) is 0 Å². The van der Waals surface area contributed by atoms with Crippen LogP contribution in [-0.2, 0) is 6.42 Å². The highest BCUT2D eigenvalue weighted by molar-refractivity contribution is 7.99. The van der Waals surface area contributed by atoms with Gasteiger partial charge in [-0.15, -0.1) is 0 Å². The van der Waals surface area contributed by atoms with Gasteiger partial charge in [-0.2, -0.15) is 11.8 Å². The molecular weight excluding hydrogens is 565 g/mol. The Balaban J connectivity index is 1.11. The van der Waals surface area contributed by atoms with Crippen LogP contribution in [0.3, 0.4) is 0 Å². The summed E-state index contributed by atoms with van der Waals surface area (Å²) in [5, 5.41) is 0. The van der Waals surface area contributed by atoms with Gasteiger partial charge in [0, 0.05) is 5.56 Å². The summed E-state index contributed by atoms with van der Waals surface area (Å²) in [5.41, 5.74) is 8.42. The van der Waals surface area contributed by atoms with E-state index in [-0.39, 0.29) is 0 Å². The Hall–Kier alpha value is -3.62. The van der Waals surface area contributed by atoms with E-state index in [2.05, 4.69) is 128 Å². The average Bonchev–Trinajstić information content (AvgIpc) is 3.11. The molecule has 0 N–H and O–H groups in total. The number of unbranched alkanes of at least 4 members (excludes halogenated alkanes) is 9. The summed E-state index contributed by atoms with van der Waals surface area (Å²) >= 11 is 2.12. The Kier molecular flexibility index (Phi) is 13.4. The summed E-state index contributed by atoms with van der Waals surface area (Å²) < 4.78 is 6.39. The lowest BCUT2D eigenvalue weighted by molar-refractivity contribution is 0.563. The first kappa shape index (κ1) is 32.8. The molecule has 0 amide bonds. The maximum absolute atomic E-state index is 6.39. The summed E-state index contributed by atoms with van der Waals surface area (Å²) in [7, 11) is 0. The molecule has 1 aromatic heterocycles. The minimum Gasteiger partial charge on any atom is -0.207 e. The molecule has 0 saturated heterocycles. The van der Waals surface area contributed by atoms with Crippen LogP contribution in [0, 0.1) is 0 Å². The van der Waals surface area contributed by atoms with E-state index in [9.17, 15) is 0 Å². The normalized spacial score (nSPS) is 11.1. The molecule has 5 aromatic rings. The van der Waals surface area contributed by atoms with Crippen LogP contribution in [0.2, 0.25) is 0 Å². The zero-order valence-corrected chi connectivity index (χ0v) is 27.9. The van der Waals surface area contributed by atoms with E-state index in [4.69, 9.17) is 4.42 Å². The summed E-state index contributed by atoms with van der Waals surface area (Å²) in [6.07, 6.45) is 15.3. The Morgan fingerprint density at radius 3 is 1.38 bits per heavy atom. The maximum atomic E-state index is 6.39. The monoisotopic (exact) mass is 613 g/mol. The summed E-state index contributed by atoms with van der Waals surface area (Å²) in [4.78, 5) is 0. The van der Waals surface area contributed by atoms with Crippen molar-refractivity contribution in [2.24, 2.45) is 0 Å². The number of hydrogen-bond donors (Lipinski definition) is 0. The van der Waals surface area contributed by atoms with Crippen LogP contribution in [0.5, 0.6) is 0 Å². The summed E-state index contributed by atoms with van der Waals surface area (Å²) in [6, 6.07) is 43.1. The van der Waals surface area contributed by atoms with Crippen LogP contribution in [0.25, 0.3) is 44.9 Å². The van der Waals surface area contributed by atoms with Crippen LogP contribution < -0.4 is 0 Å². The quantitative estimate of drug-likeness (QED) is 0.0719. The lowest BCUT2D eigenvalue weighted by Crippen LogP contribution is -1.91. The molecule has 0 saturated carbocycles. The molecule has 0 unspecified atom stereocenters. The number of rotatable bonds is 18. The zero-order chi connectivity index (χ0) is 30.9. The fourth-order valence-electron chi connectivity index (χ4n) is 5.86.